The lowest BCUT2D eigenvalue weighted by Crippen LogP contribution is -2.49. The van der Waals surface area contributed by atoms with Crippen LogP contribution in [-0.2, 0) is 4.43 Å². The summed E-state index contributed by atoms with van der Waals surface area (Å²) in [5.41, 5.74) is 0. The average molecular weight is 241 g/mol. The van der Waals surface area contributed by atoms with E-state index >= 15 is 0 Å². The third-order valence-electron chi connectivity index (χ3n) is 4.70. The van der Waals surface area contributed by atoms with Gasteiger partial charge >= 0.3 is 0 Å². The summed E-state index contributed by atoms with van der Waals surface area (Å²) in [4.78, 5) is 0. The summed E-state index contributed by atoms with van der Waals surface area (Å²) in [6.07, 6.45) is 5.73. The van der Waals surface area contributed by atoms with Crippen molar-refractivity contribution in [2.24, 2.45) is 0 Å². The van der Waals surface area contributed by atoms with E-state index in [1.165, 1.54) is 25.7 Å². The maximum absolute atomic E-state index is 6.52. The summed E-state index contributed by atoms with van der Waals surface area (Å²) >= 11 is 0. The van der Waals surface area contributed by atoms with Crippen LogP contribution in [0.1, 0.15) is 46.5 Å². The highest BCUT2D eigenvalue weighted by Crippen LogP contribution is 2.39. The van der Waals surface area contributed by atoms with E-state index in [2.05, 4.69) is 39.2 Å². The summed E-state index contributed by atoms with van der Waals surface area (Å²) in [6.45, 7) is 11.7. The topological polar surface area (TPSA) is 21.3 Å². The Hall–Kier alpha value is 0.137. The number of piperidine rings is 1. The van der Waals surface area contributed by atoms with Gasteiger partial charge in [0.15, 0.2) is 8.32 Å². The minimum atomic E-state index is -1.55. The van der Waals surface area contributed by atoms with E-state index in [0.717, 1.165) is 12.1 Å². The van der Waals surface area contributed by atoms with Crippen LogP contribution >= 0.6 is 0 Å². The number of hydrogen-bond acceptors (Lipinski definition) is 2. The molecule has 2 aliphatic rings. The highest BCUT2D eigenvalue weighted by molar-refractivity contribution is 6.74. The smallest absolute Gasteiger partial charge is 0.192 e. The molecular formula is C13H27NOSi. The van der Waals surface area contributed by atoms with E-state index in [1.807, 2.05) is 0 Å². The van der Waals surface area contributed by atoms with E-state index in [-0.39, 0.29) is 0 Å². The van der Waals surface area contributed by atoms with Crippen molar-refractivity contribution < 1.29 is 4.43 Å². The lowest BCUT2D eigenvalue weighted by Gasteiger charge is -2.41. The minimum absolute atomic E-state index is 0.344. The van der Waals surface area contributed by atoms with Crippen molar-refractivity contribution in [2.45, 2.75) is 82.8 Å². The highest BCUT2D eigenvalue weighted by Gasteiger charge is 2.42. The molecule has 3 heteroatoms. The first-order valence-corrected chi connectivity index (χ1v) is 9.62. The molecule has 2 rings (SSSR count). The van der Waals surface area contributed by atoms with Gasteiger partial charge in [0.05, 0.1) is 0 Å². The third kappa shape index (κ3) is 2.52. The van der Waals surface area contributed by atoms with Gasteiger partial charge in [0.2, 0.25) is 0 Å². The fourth-order valence-corrected chi connectivity index (χ4v) is 4.07. The Morgan fingerprint density at radius 2 is 1.56 bits per heavy atom. The Morgan fingerprint density at radius 3 is 2.00 bits per heavy atom. The molecule has 0 aromatic carbocycles. The molecule has 0 aliphatic carbocycles. The zero-order valence-corrected chi connectivity index (χ0v) is 12.5. The first-order valence-electron chi connectivity index (χ1n) is 6.72. The number of hydrogen-bond donors (Lipinski definition) is 1. The number of rotatable bonds is 2. The second kappa shape index (κ2) is 4.11. The molecule has 0 saturated carbocycles. The molecular weight excluding hydrogens is 214 g/mol. The Labute approximate surface area is 101 Å². The van der Waals surface area contributed by atoms with Gasteiger partial charge in [-0.3, -0.25) is 0 Å². The average Bonchev–Trinajstić information content (AvgIpc) is 2.43. The summed E-state index contributed by atoms with van der Waals surface area (Å²) in [7, 11) is -1.55. The predicted molar refractivity (Wildman–Crippen MR) is 71.2 cm³/mol. The van der Waals surface area contributed by atoms with E-state index in [0.29, 0.717) is 11.1 Å². The standard InChI is InChI=1S/C13H27NOSi/c1-13(2,3)16(4,5)15-12-8-10-6-7-11(9-12)14-10/h10-12,14H,6-9H2,1-5H3. The Balaban J connectivity index is 1.95. The molecule has 16 heavy (non-hydrogen) atoms. The first-order chi connectivity index (χ1) is 7.28. The molecule has 2 heterocycles. The quantitative estimate of drug-likeness (QED) is 0.749. The molecule has 2 unspecified atom stereocenters. The van der Waals surface area contributed by atoms with Crippen LogP contribution < -0.4 is 5.32 Å². The van der Waals surface area contributed by atoms with E-state index in [4.69, 9.17) is 4.43 Å². The van der Waals surface area contributed by atoms with Gasteiger partial charge in [0, 0.05) is 18.2 Å². The van der Waals surface area contributed by atoms with Gasteiger partial charge in [-0.05, 0) is 43.8 Å². The molecule has 1 N–H and O–H groups in total. The lowest BCUT2D eigenvalue weighted by atomic mass is 10.0. The van der Waals surface area contributed by atoms with Crippen LogP contribution in [0.4, 0.5) is 0 Å². The maximum atomic E-state index is 6.52. The molecule has 0 radical (unpaired) electrons. The zero-order chi connectivity index (χ0) is 12.0. The van der Waals surface area contributed by atoms with Gasteiger partial charge in [-0.15, -0.1) is 0 Å². The third-order valence-corrected chi connectivity index (χ3v) is 9.23. The van der Waals surface area contributed by atoms with Gasteiger partial charge in [-0.1, -0.05) is 20.8 Å². The van der Waals surface area contributed by atoms with Crippen LogP contribution in [0, 0.1) is 0 Å². The van der Waals surface area contributed by atoms with Crippen LogP contribution in [0.2, 0.25) is 18.1 Å². The molecule has 2 fully saturated rings. The number of nitrogens with one attached hydrogen (secondary N) is 1. The van der Waals surface area contributed by atoms with Crippen molar-refractivity contribution in [1.82, 2.24) is 5.32 Å². The first kappa shape index (κ1) is 12.6. The largest absolute Gasteiger partial charge is 0.414 e. The second-order valence-corrected chi connectivity index (χ2v) is 11.9. The molecule has 2 aliphatic heterocycles. The summed E-state index contributed by atoms with van der Waals surface area (Å²) in [6, 6.07) is 1.49. The molecule has 2 saturated heterocycles. The molecule has 2 atom stereocenters. The normalized spacial score (nSPS) is 35.4. The van der Waals surface area contributed by atoms with E-state index in [9.17, 15) is 0 Å². The highest BCUT2D eigenvalue weighted by atomic mass is 28.4. The van der Waals surface area contributed by atoms with Crippen molar-refractivity contribution >= 4 is 8.32 Å². The fraction of sp³-hybridized carbons (Fsp3) is 1.00. The van der Waals surface area contributed by atoms with Crippen molar-refractivity contribution in [3.63, 3.8) is 0 Å². The summed E-state index contributed by atoms with van der Waals surface area (Å²) in [5.74, 6) is 0. The second-order valence-electron chi connectivity index (χ2n) is 7.11. The molecule has 2 nitrogen and oxygen atoms in total. The predicted octanol–water partition coefficient (Wildman–Crippen LogP) is 3.29. The summed E-state index contributed by atoms with van der Waals surface area (Å²) < 4.78 is 6.52. The van der Waals surface area contributed by atoms with Crippen molar-refractivity contribution in [3.8, 4) is 0 Å². The van der Waals surface area contributed by atoms with Crippen LogP contribution in [0.25, 0.3) is 0 Å². The molecule has 0 amide bonds. The fourth-order valence-electron chi connectivity index (χ4n) is 2.69. The van der Waals surface area contributed by atoms with Crippen molar-refractivity contribution in [3.05, 3.63) is 0 Å². The summed E-state index contributed by atoms with van der Waals surface area (Å²) in [5, 5.41) is 4.02. The van der Waals surface area contributed by atoms with Gasteiger partial charge < -0.3 is 9.74 Å². The van der Waals surface area contributed by atoms with Crippen LogP contribution in [0.3, 0.4) is 0 Å². The van der Waals surface area contributed by atoms with Gasteiger partial charge in [-0.25, -0.2) is 0 Å². The van der Waals surface area contributed by atoms with E-state index in [1.54, 1.807) is 0 Å². The molecule has 94 valence electrons. The molecule has 0 spiro atoms. The van der Waals surface area contributed by atoms with Gasteiger partial charge in [0.1, 0.15) is 0 Å². The van der Waals surface area contributed by atoms with Gasteiger partial charge in [0.25, 0.3) is 0 Å². The Bertz CT molecular complexity index is 247. The minimum Gasteiger partial charge on any atom is -0.414 e. The molecule has 2 bridgehead atoms. The van der Waals surface area contributed by atoms with Gasteiger partial charge in [-0.2, -0.15) is 0 Å². The Kier molecular flexibility index (Phi) is 3.23. The lowest BCUT2D eigenvalue weighted by molar-refractivity contribution is 0.122. The van der Waals surface area contributed by atoms with Crippen molar-refractivity contribution in [2.75, 3.05) is 0 Å². The maximum Gasteiger partial charge on any atom is 0.192 e. The number of fused-ring (bicyclic) bond motifs is 2. The van der Waals surface area contributed by atoms with Crippen LogP contribution in [0.5, 0.6) is 0 Å². The SMILES string of the molecule is CC(C)(C)[Si](C)(C)OC1CC2CCC(C1)N2. The van der Waals surface area contributed by atoms with Crippen molar-refractivity contribution in [1.29, 1.82) is 0 Å². The zero-order valence-electron chi connectivity index (χ0n) is 11.5. The molecule has 0 aromatic rings. The Morgan fingerprint density at radius 1 is 1.06 bits per heavy atom. The van der Waals surface area contributed by atoms with Crippen LogP contribution in [0.15, 0.2) is 0 Å². The molecule has 0 aromatic heterocycles. The van der Waals surface area contributed by atoms with E-state index < -0.39 is 8.32 Å². The van der Waals surface area contributed by atoms with Crippen LogP contribution in [-0.4, -0.2) is 26.5 Å². The monoisotopic (exact) mass is 241 g/mol.